The Morgan fingerprint density at radius 3 is 3.17 bits per heavy atom. The lowest BCUT2D eigenvalue weighted by atomic mass is 10.6. The Bertz CT molecular complexity index is 274. The third-order valence-corrected chi connectivity index (χ3v) is 2.00. The van der Waals surface area contributed by atoms with Gasteiger partial charge in [0.1, 0.15) is 12.7 Å². The van der Waals surface area contributed by atoms with Crippen LogP contribution in [0.5, 0.6) is 0 Å². The molecule has 0 unspecified atom stereocenters. The molecule has 0 fully saturated rings. The van der Waals surface area contributed by atoms with E-state index in [0.717, 1.165) is 5.75 Å². The maximum absolute atomic E-state index is 10.4. The van der Waals surface area contributed by atoms with Crippen molar-refractivity contribution in [3.8, 4) is 0 Å². The molecular weight excluding hydrogens is 178 g/mol. The summed E-state index contributed by atoms with van der Waals surface area (Å²) < 4.78 is 1.54. The lowest BCUT2D eigenvalue weighted by Crippen LogP contribution is -2.03. The van der Waals surface area contributed by atoms with Crippen LogP contribution in [-0.2, 0) is 6.54 Å². The second-order valence-electron chi connectivity index (χ2n) is 2.20. The largest absolute Gasteiger partial charge is 0.358 e. The van der Waals surface area contributed by atoms with E-state index in [2.05, 4.69) is 4.98 Å². The average molecular weight is 187 g/mol. The zero-order valence-electron chi connectivity index (χ0n) is 6.64. The Balaban J connectivity index is 2.70. The second-order valence-corrected chi connectivity index (χ2v) is 3.18. The normalized spacial score (nSPS) is 10.1. The molecule has 1 aromatic heterocycles. The van der Waals surface area contributed by atoms with E-state index in [1.54, 1.807) is 11.8 Å². The molecule has 1 heterocycles. The van der Waals surface area contributed by atoms with Crippen molar-refractivity contribution in [2.75, 3.05) is 12.0 Å². The van der Waals surface area contributed by atoms with Crippen molar-refractivity contribution >= 4 is 17.6 Å². The van der Waals surface area contributed by atoms with Gasteiger partial charge in [0.2, 0.25) is 0 Å². The number of aryl methyl sites for hydroxylation is 1. The maximum atomic E-state index is 10.4. The van der Waals surface area contributed by atoms with Crippen molar-refractivity contribution in [2.24, 2.45) is 0 Å². The lowest BCUT2D eigenvalue weighted by Gasteiger charge is -1.97. The number of thioether (sulfide) groups is 1. The number of rotatable bonds is 4. The molecule has 0 saturated carbocycles. The van der Waals surface area contributed by atoms with E-state index in [0.29, 0.717) is 6.54 Å². The molecule has 0 amide bonds. The quantitative estimate of drug-likeness (QED) is 0.524. The highest BCUT2D eigenvalue weighted by atomic mass is 32.2. The molecule has 0 atom stereocenters. The Morgan fingerprint density at radius 1 is 1.83 bits per heavy atom. The highest BCUT2D eigenvalue weighted by Gasteiger charge is 2.11. The Kier molecular flexibility index (Phi) is 3.09. The van der Waals surface area contributed by atoms with Crippen molar-refractivity contribution in [3.63, 3.8) is 0 Å². The Morgan fingerprint density at radius 2 is 2.58 bits per heavy atom. The van der Waals surface area contributed by atoms with Crippen molar-refractivity contribution in [1.29, 1.82) is 0 Å². The molecule has 0 aliphatic heterocycles. The summed E-state index contributed by atoms with van der Waals surface area (Å²) in [4.78, 5) is 13.7. The zero-order chi connectivity index (χ0) is 8.97. The third-order valence-electron chi connectivity index (χ3n) is 1.41. The molecule has 5 nitrogen and oxygen atoms in total. The van der Waals surface area contributed by atoms with Gasteiger partial charge < -0.3 is 10.1 Å². The minimum Gasteiger partial charge on any atom is -0.358 e. The van der Waals surface area contributed by atoms with Crippen molar-refractivity contribution in [3.05, 3.63) is 22.6 Å². The molecule has 12 heavy (non-hydrogen) atoms. The van der Waals surface area contributed by atoms with Crippen molar-refractivity contribution in [1.82, 2.24) is 9.55 Å². The Hall–Kier alpha value is -1.04. The molecule has 66 valence electrons. The van der Waals surface area contributed by atoms with Crippen LogP contribution < -0.4 is 0 Å². The smallest absolute Gasteiger partial charge is 0.342 e. The van der Waals surface area contributed by atoms with Crippen molar-refractivity contribution in [2.45, 2.75) is 6.54 Å². The van der Waals surface area contributed by atoms with E-state index in [-0.39, 0.29) is 5.82 Å². The molecular formula is C6H9N3O2S. The van der Waals surface area contributed by atoms with Gasteiger partial charge in [0.05, 0.1) is 0 Å². The lowest BCUT2D eigenvalue weighted by molar-refractivity contribution is -0.392. The van der Waals surface area contributed by atoms with Crippen LogP contribution in [0.4, 0.5) is 5.82 Å². The number of nitro groups is 1. The van der Waals surface area contributed by atoms with Gasteiger partial charge in [-0.2, -0.15) is 11.8 Å². The van der Waals surface area contributed by atoms with E-state index in [1.165, 1.54) is 17.1 Å². The average Bonchev–Trinajstić information content (AvgIpc) is 2.48. The van der Waals surface area contributed by atoms with Gasteiger partial charge in [-0.3, -0.25) is 0 Å². The highest BCUT2D eigenvalue weighted by Crippen LogP contribution is 2.09. The van der Waals surface area contributed by atoms with Gasteiger partial charge in [-0.15, -0.1) is 0 Å². The fourth-order valence-corrected chi connectivity index (χ4v) is 1.21. The first-order valence-electron chi connectivity index (χ1n) is 3.39. The number of nitrogens with zero attached hydrogens (tertiary/aromatic N) is 3. The van der Waals surface area contributed by atoms with E-state index < -0.39 is 4.92 Å². The molecule has 0 radical (unpaired) electrons. The summed E-state index contributed by atoms with van der Waals surface area (Å²) in [6.07, 6.45) is 4.71. The van der Waals surface area contributed by atoms with Gasteiger partial charge in [-0.1, -0.05) is 0 Å². The summed E-state index contributed by atoms with van der Waals surface area (Å²) in [5, 5.41) is 10.4. The molecule has 0 bridgehead atoms. The first kappa shape index (κ1) is 9.05. The topological polar surface area (TPSA) is 61.0 Å². The van der Waals surface area contributed by atoms with Gasteiger partial charge in [-0.05, 0) is 11.2 Å². The second kappa shape index (κ2) is 4.10. The summed E-state index contributed by atoms with van der Waals surface area (Å²) in [6, 6.07) is 0. The van der Waals surface area contributed by atoms with Gasteiger partial charge >= 0.3 is 5.82 Å². The van der Waals surface area contributed by atoms with Crippen LogP contribution in [-0.4, -0.2) is 26.5 Å². The molecule has 1 rings (SSSR count). The molecule has 0 spiro atoms. The molecule has 6 heteroatoms. The molecule has 1 aromatic rings. The van der Waals surface area contributed by atoms with Crippen LogP contribution in [0.1, 0.15) is 0 Å². The SMILES string of the molecule is CSCCn1cncc1[N+](=O)[O-]. The van der Waals surface area contributed by atoms with Crippen LogP contribution in [0.3, 0.4) is 0 Å². The number of imidazole rings is 1. The van der Waals surface area contributed by atoms with Crippen molar-refractivity contribution < 1.29 is 4.92 Å². The minimum absolute atomic E-state index is 0.0593. The molecule has 0 aromatic carbocycles. The molecule has 0 N–H and O–H groups in total. The highest BCUT2D eigenvalue weighted by molar-refractivity contribution is 7.98. The summed E-state index contributed by atoms with van der Waals surface area (Å²) in [5.74, 6) is 0.918. The predicted octanol–water partition coefficient (Wildman–Crippen LogP) is 1.15. The third kappa shape index (κ3) is 1.97. The number of aromatic nitrogens is 2. The van der Waals surface area contributed by atoms with E-state index in [9.17, 15) is 10.1 Å². The standard InChI is InChI=1S/C6H9N3O2S/c1-12-3-2-8-5-7-4-6(8)9(10)11/h4-5H,2-3H2,1H3. The fourth-order valence-electron chi connectivity index (χ4n) is 0.828. The fraction of sp³-hybridized carbons (Fsp3) is 0.500. The summed E-state index contributed by atoms with van der Waals surface area (Å²) >= 11 is 1.65. The summed E-state index contributed by atoms with van der Waals surface area (Å²) in [5.41, 5.74) is 0. The van der Waals surface area contributed by atoms with E-state index in [4.69, 9.17) is 0 Å². The molecule has 0 saturated heterocycles. The monoisotopic (exact) mass is 187 g/mol. The van der Waals surface area contributed by atoms with E-state index in [1.807, 2.05) is 6.26 Å². The van der Waals surface area contributed by atoms with Gasteiger partial charge in [0, 0.05) is 5.75 Å². The van der Waals surface area contributed by atoms with E-state index >= 15 is 0 Å². The van der Waals surface area contributed by atoms with Crippen LogP contribution >= 0.6 is 11.8 Å². The zero-order valence-corrected chi connectivity index (χ0v) is 7.45. The van der Waals surface area contributed by atoms with Crippen LogP contribution in [0, 0.1) is 10.1 Å². The molecule has 0 aliphatic rings. The number of hydrogen-bond acceptors (Lipinski definition) is 4. The van der Waals surface area contributed by atoms with Crippen LogP contribution in [0.25, 0.3) is 0 Å². The van der Waals surface area contributed by atoms with Gasteiger partial charge in [-0.25, -0.2) is 9.55 Å². The van der Waals surface area contributed by atoms with Crippen LogP contribution in [0.15, 0.2) is 12.5 Å². The minimum atomic E-state index is -0.423. The molecule has 0 aliphatic carbocycles. The van der Waals surface area contributed by atoms with Gasteiger partial charge in [0.15, 0.2) is 6.33 Å². The summed E-state index contributed by atoms with van der Waals surface area (Å²) in [7, 11) is 0. The summed E-state index contributed by atoms with van der Waals surface area (Å²) in [6.45, 7) is 0.636. The number of hydrogen-bond donors (Lipinski definition) is 0. The predicted molar refractivity (Wildman–Crippen MR) is 47.3 cm³/mol. The van der Waals surface area contributed by atoms with Crippen LogP contribution in [0.2, 0.25) is 0 Å². The first-order valence-corrected chi connectivity index (χ1v) is 4.78. The van der Waals surface area contributed by atoms with Gasteiger partial charge in [0.25, 0.3) is 0 Å². The maximum Gasteiger partial charge on any atom is 0.342 e. The Labute approximate surface area is 73.9 Å². The first-order chi connectivity index (χ1) is 5.75.